The summed E-state index contributed by atoms with van der Waals surface area (Å²) in [6, 6.07) is 6.79. The third-order valence-electron chi connectivity index (χ3n) is 2.44. The monoisotopic (exact) mass is 313 g/mol. The number of anilines is 1. The lowest BCUT2D eigenvalue weighted by Crippen LogP contribution is -1.93. The third-order valence-corrected chi connectivity index (χ3v) is 3.06. The van der Waals surface area contributed by atoms with E-state index in [9.17, 15) is 8.78 Å². The maximum atomic E-state index is 13.0. The number of hydrogen-bond donors (Lipinski definition) is 1. The van der Waals surface area contributed by atoms with E-state index in [1.54, 1.807) is 12.1 Å². The molecule has 2 nitrogen and oxygen atoms in total. The highest BCUT2D eigenvalue weighted by Crippen LogP contribution is 2.33. The fraction of sp³-hybridized carbons (Fsp3) is 0.0769. The van der Waals surface area contributed by atoms with Gasteiger partial charge in [-0.05, 0) is 52.7 Å². The van der Waals surface area contributed by atoms with E-state index >= 15 is 0 Å². The minimum Gasteiger partial charge on any atom is -0.456 e. The summed E-state index contributed by atoms with van der Waals surface area (Å²) in [6.07, 6.45) is 0. The minimum absolute atomic E-state index is 0.221. The van der Waals surface area contributed by atoms with Gasteiger partial charge in [0.1, 0.15) is 11.5 Å². The van der Waals surface area contributed by atoms with Gasteiger partial charge in [-0.25, -0.2) is 8.78 Å². The summed E-state index contributed by atoms with van der Waals surface area (Å²) in [4.78, 5) is 0. The Kier molecular flexibility index (Phi) is 3.52. The van der Waals surface area contributed by atoms with Crippen LogP contribution in [-0.4, -0.2) is 0 Å². The Morgan fingerprint density at radius 1 is 1.11 bits per heavy atom. The molecule has 0 atom stereocenters. The lowest BCUT2D eigenvalue weighted by atomic mass is 10.2. The van der Waals surface area contributed by atoms with E-state index in [2.05, 4.69) is 15.9 Å². The first-order valence-corrected chi connectivity index (χ1v) is 5.95. The Morgan fingerprint density at radius 2 is 1.83 bits per heavy atom. The van der Waals surface area contributed by atoms with Crippen LogP contribution < -0.4 is 10.5 Å². The van der Waals surface area contributed by atoms with Crippen molar-refractivity contribution in [2.45, 2.75) is 6.92 Å². The molecule has 2 N–H and O–H groups in total. The van der Waals surface area contributed by atoms with Gasteiger partial charge >= 0.3 is 0 Å². The minimum atomic E-state index is -0.948. The van der Waals surface area contributed by atoms with Crippen molar-refractivity contribution in [2.24, 2.45) is 0 Å². The number of nitrogen functional groups attached to an aromatic ring is 1. The van der Waals surface area contributed by atoms with Gasteiger partial charge in [-0.15, -0.1) is 0 Å². The first-order chi connectivity index (χ1) is 8.47. The molecule has 0 saturated heterocycles. The number of benzene rings is 2. The van der Waals surface area contributed by atoms with E-state index in [4.69, 9.17) is 10.5 Å². The number of halogens is 3. The zero-order valence-corrected chi connectivity index (χ0v) is 11.1. The van der Waals surface area contributed by atoms with Gasteiger partial charge in [0, 0.05) is 11.8 Å². The van der Waals surface area contributed by atoms with Gasteiger partial charge in [0.15, 0.2) is 11.6 Å². The Labute approximate surface area is 112 Å². The zero-order valence-electron chi connectivity index (χ0n) is 9.51. The second-order valence-electron chi connectivity index (χ2n) is 3.82. The van der Waals surface area contributed by atoms with Crippen LogP contribution in [0.2, 0.25) is 0 Å². The summed E-state index contributed by atoms with van der Waals surface area (Å²) in [7, 11) is 0. The molecule has 0 unspecified atom stereocenters. The van der Waals surface area contributed by atoms with Crippen LogP contribution in [0.15, 0.2) is 34.8 Å². The van der Waals surface area contributed by atoms with Gasteiger partial charge in [-0.2, -0.15) is 0 Å². The molecule has 0 spiro atoms. The molecule has 0 saturated carbocycles. The first kappa shape index (κ1) is 12.8. The average Bonchev–Trinajstić information content (AvgIpc) is 2.31. The highest BCUT2D eigenvalue weighted by molar-refractivity contribution is 9.10. The van der Waals surface area contributed by atoms with Crippen molar-refractivity contribution in [1.82, 2.24) is 0 Å². The van der Waals surface area contributed by atoms with Gasteiger partial charge < -0.3 is 10.5 Å². The van der Waals surface area contributed by atoms with E-state index in [-0.39, 0.29) is 5.75 Å². The van der Waals surface area contributed by atoms with Crippen molar-refractivity contribution >= 4 is 21.6 Å². The topological polar surface area (TPSA) is 35.2 Å². The molecule has 0 heterocycles. The average molecular weight is 314 g/mol. The standard InChI is InChI=1S/C13H10BrF2NO/c1-7-4-13(9(14)6-12(7)17)18-8-2-3-10(15)11(16)5-8/h2-6H,17H2,1H3. The molecular weight excluding hydrogens is 304 g/mol. The summed E-state index contributed by atoms with van der Waals surface area (Å²) in [5, 5.41) is 0. The molecule has 94 valence electrons. The molecule has 2 aromatic rings. The van der Waals surface area contributed by atoms with Gasteiger partial charge in [-0.1, -0.05) is 0 Å². The van der Waals surface area contributed by atoms with E-state index in [0.29, 0.717) is 15.9 Å². The van der Waals surface area contributed by atoms with Gasteiger partial charge in [0.25, 0.3) is 0 Å². The molecule has 0 aliphatic carbocycles. The van der Waals surface area contributed by atoms with Gasteiger partial charge in [-0.3, -0.25) is 0 Å². The second kappa shape index (κ2) is 4.94. The quantitative estimate of drug-likeness (QED) is 0.833. The third kappa shape index (κ3) is 2.61. The highest BCUT2D eigenvalue weighted by atomic mass is 79.9. The van der Waals surface area contributed by atoms with Crippen LogP contribution >= 0.6 is 15.9 Å². The van der Waals surface area contributed by atoms with Gasteiger partial charge in [0.2, 0.25) is 0 Å². The molecular formula is C13H10BrF2NO. The van der Waals surface area contributed by atoms with Crippen LogP contribution in [0.5, 0.6) is 11.5 Å². The van der Waals surface area contributed by atoms with Crippen molar-refractivity contribution in [1.29, 1.82) is 0 Å². The molecule has 0 fully saturated rings. The van der Waals surface area contributed by atoms with Crippen molar-refractivity contribution in [3.8, 4) is 11.5 Å². The predicted octanol–water partition coefficient (Wildman–Crippen LogP) is 4.41. The summed E-state index contributed by atoms with van der Waals surface area (Å²) in [5.74, 6) is -1.14. The Bertz CT molecular complexity index is 602. The van der Waals surface area contributed by atoms with Crippen LogP contribution in [0.25, 0.3) is 0 Å². The van der Waals surface area contributed by atoms with E-state index in [1.807, 2.05) is 6.92 Å². The van der Waals surface area contributed by atoms with Gasteiger partial charge in [0.05, 0.1) is 4.47 Å². The molecule has 2 aromatic carbocycles. The predicted molar refractivity (Wildman–Crippen MR) is 69.7 cm³/mol. The zero-order chi connectivity index (χ0) is 13.3. The molecule has 0 amide bonds. The van der Waals surface area contributed by atoms with Crippen LogP contribution in [0, 0.1) is 18.6 Å². The molecule has 2 rings (SSSR count). The fourth-order valence-electron chi connectivity index (χ4n) is 1.42. The number of nitrogens with two attached hydrogens (primary N) is 1. The lowest BCUT2D eigenvalue weighted by Gasteiger charge is -2.10. The molecule has 5 heteroatoms. The van der Waals surface area contributed by atoms with E-state index in [1.165, 1.54) is 6.07 Å². The maximum Gasteiger partial charge on any atom is 0.162 e. The van der Waals surface area contributed by atoms with Crippen LogP contribution in [-0.2, 0) is 0 Å². The summed E-state index contributed by atoms with van der Waals surface area (Å²) in [5.41, 5.74) is 7.20. The summed E-state index contributed by atoms with van der Waals surface area (Å²) in [6.45, 7) is 1.83. The number of aryl methyl sites for hydroxylation is 1. The Balaban J connectivity index is 2.34. The van der Waals surface area contributed by atoms with Crippen molar-refractivity contribution in [2.75, 3.05) is 5.73 Å². The number of hydrogen-bond acceptors (Lipinski definition) is 2. The SMILES string of the molecule is Cc1cc(Oc2ccc(F)c(F)c2)c(Br)cc1N. The van der Waals surface area contributed by atoms with Crippen LogP contribution in [0.3, 0.4) is 0 Å². The van der Waals surface area contributed by atoms with Crippen molar-refractivity contribution in [3.05, 3.63) is 52.0 Å². The molecule has 0 bridgehead atoms. The van der Waals surface area contributed by atoms with E-state index < -0.39 is 11.6 Å². The summed E-state index contributed by atoms with van der Waals surface area (Å²) >= 11 is 3.30. The van der Waals surface area contributed by atoms with Crippen molar-refractivity contribution < 1.29 is 13.5 Å². The smallest absolute Gasteiger partial charge is 0.162 e. The summed E-state index contributed by atoms with van der Waals surface area (Å²) < 4.78 is 31.9. The van der Waals surface area contributed by atoms with Crippen LogP contribution in [0.1, 0.15) is 5.56 Å². The normalized spacial score (nSPS) is 10.4. The van der Waals surface area contributed by atoms with Crippen LogP contribution in [0.4, 0.5) is 14.5 Å². The highest BCUT2D eigenvalue weighted by Gasteiger charge is 2.08. The van der Waals surface area contributed by atoms with E-state index in [0.717, 1.165) is 17.7 Å². The molecule has 0 aromatic heterocycles. The number of ether oxygens (including phenoxy) is 1. The molecule has 0 aliphatic rings. The Morgan fingerprint density at radius 3 is 2.50 bits per heavy atom. The lowest BCUT2D eigenvalue weighted by molar-refractivity contribution is 0.459. The first-order valence-electron chi connectivity index (χ1n) is 5.16. The molecule has 18 heavy (non-hydrogen) atoms. The maximum absolute atomic E-state index is 13.0. The second-order valence-corrected chi connectivity index (χ2v) is 4.67. The fourth-order valence-corrected chi connectivity index (χ4v) is 1.86. The Hall–Kier alpha value is -1.62. The van der Waals surface area contributed by atoms with Crippen molar-refractivity contribution in [3.63, 3.8) is 0 Å². The largest absolute Gasteiger partial charge is 0.456 e. The molecule has 0 radical (unpaired) electrons. The molecule has 0 aliphatic heterocycles. The number of rotatable bonds is 2.